The number of furan rings is 1. The third-order valence-corrected chi connectivity index (χ3v) is 2.81. The summed E-state index contributed by atoms with van der Waals surface area (Å²) in [6.45, 7) is 4.26. The number of hydrogen-bond donors (Lipinski definition) is 1. The van der Waals surface area contributed by atoms with Gasteiger partial charge in [-0.15, -0.1) is 0 Å². The lowest BCUT2D eigenvalue weighted by molar-refractivity contribution is 0.293. The Morgan fingerprint density at radius 1 is 1.53 bits per heavy atom. The summed E-state index contributed by atoms with van der Waals surface area (Å²) in [6, 6.07) is 3.96. The van der Waals surface area contributed by atoms with E-state index < -0.39 is 0 Å². The molecule has 1 heterocycles. The topological polar surface area (TPSA) is 28.4 Å². The predicted octanol–water partition coefficient (Wildman–Crippen LogP) is 1.71. The predicted molar refractivity (Wildman–Crippen MR) is 60.6 cm³/mol. The molecule has 1 N–H and O–H groups in total. The summed E-state index contributed by atoms with van der Waals surface area (Å²) in [7, 11) is 2.13. The minimum Gasteiger partial charge on any atom is -0.468 e. The van der Waals surface area contributed by atoms with Crippen molar-refractivity contribution in [3.8, 4) is 0 Å². The van der Waals surface area contributed by atoms with Crippen LogP contribution < -0.4 is 5.32 Å². The molecule has 0 atom stereocenters. The Morgan fingerprint density at radius 2 is 2.40 bits per heavy atom. The standard InChI is InChI=1S/C12H20N2O/c1-14(10-12-3-2-8-15-12)7-6-13-9-11-4-5-11/h2-3,8,11,13H,4-7,9-10H2,1H3. The first-order chi connectivity index (χ1) is 7.34. The Kier molecular flexibility index (Phi) is 3.80. The molecule has 1 aromatic heterocycles. The molecule has 1 aliphatic rings. The van der Waals surface area contributed by atoms with Gasteiger partial charge in [0.1, 0.15) is 5.76 Å². The van der Waals surface area contributed by atoms with Crippen LogP contribution in [0, 0.1) is 5.92 Å². The average molecular weight is 208 g/mol. The zero-order valence-electron chi connectivity index (χ0n) is 9.41. The Labute approximate surface area is 91.4 Å². The summed E-state index contributed by atoms with van der Waals surface area (Å²) < 4.78 is 5.30. The fraction of sp³-hybridized carbons (Fsp3) is 0.667. The van der Waals surface area contributed by atoms with E-state index in [9.17, 15) is 0 Å². The second-order valence-electron chi connectivity index (χ2n) is 4.46. The van der Waals surface area contributed by atoms with Crippen LogP contribution in [0.2, 0.25) is 0 Å². The van der Waals surface area contributed by atoms with Crippen molar-refractivity contribution in [2.24, 2.45) is 5.92 Å². The lowest BCUT2D eigenvalue weighted by Gasteiger charge is -2.15. The molecule has 15 heavy (non-hydrogen) atoms. The lowest BCUT2D eigenvalue weighted by Crippen LogP contribution is -2.29. The fourth-order valence-corrected chi connectivity index (χ4v) is 1.65. The highest BCUT2D eigenvalue weighted by atomic mass is 16.3. The van der Waals surface area contributed by atoms with E-state index in [4.69, 9.17) is 4.42 Å². The maximum Gasteiger partial charge on any atom is 0.117 e. The van der Waals surface area contributed by atoms with Gasteiger partial charge < -0.3 is 9.73 Å². The molecule has 1 saturated carbocycles. The van der Waals surface area contributed by atoms with Crippen molar-refractivity contribution < 1.29 is 4.42 Å². The number of nitrogens with zero attached hydrogens (tertiary/aromatic N) is 1. The van der Waals surface area contributed by atoms with Crippen molar-refractivity contribution in [2.75, 3.05) is 26.7 Å². The van der Waals surface area contributed by atoms with Gasteiger partial charge in [0.25, 0.3) is 0 Å². The Hall–Kier alpha value is -0.800. The van der Waals surface area contributed by atoms with Crippen LogP contribution in [0.1, 0.15) is 18.6 Å². The average Bonchev–Trinajstić information content (AvgIpc) is 2.91. The third kappa shape index (κ3) is 4.06. The van der Waals surface area contributed by atoms with Gasteiger partial charge in [-0.3, -0.25) is 4.90 Å². The lowest BCUT2D eigenvalue weighted by atomic mass is 10.4. The third-order valence-electron chi connectivity index (χ3n) is 2.81. The molecule has 0 aromatic carbocycles. The molecule has 1 aromatic rings. The summed E-state index contributed by atoms with van der Waals surface area (Å²) >= 11 is 0. The van der Waals surface area contributed by atoms with Crippen molar-refractivity contribution in [3.05, 3.63) is 24.2 Å². The van der Waals surface area contributed by atoms with Gasteiger partial charge in [0.2, 0.25) is 0 Å². The zero-order chi connectivity index (χ0) is 10.5. The van der Waals surface area contributed by atoms with Crippen molar-refractivity contribution in [3.63, 3.8) is 0 Å². The number of rotatable bonds is 7. The van der Waals surface area contributed by atoms with Gasteiger partial charge in [-0.05, 0) is 44.5 Å². The van der Waals surface area contributed by atoms with E-state index >= 15 is 0 Å². The van der Waals surface area contributed by atoms with Crippen LogP contribution in [-0.2, 0) is 6.54 Å². The molecule has 1 fully saturated rings. The van der Waals surface area contributed by atoms with E-state index in [0.29, 0.717) is 0 Å². The summed E-state index contributed by atoms with van der Waals surface area (Å²) in [4.78, 5) is 2.28. The molecule has 3 nitrogen and oxygen atoms in total. The Bertz CT molecular complexity index is 267. The molecule has 84 valence electrons. The van der Waals surface area contributed by atoms with Gasteiger partial charge in [-0.1, -0.05) is 0 Å². The SMILES string of the molecule is CN(CCNCC1CC1)Cc1ccco1. The monoisotopic (exact) mass is 208 g/mol. The number of likely N-dealkylation sites (N-methyl/N-ethyl adjacent to an activating group) is 1. The van der Waals surface area contributed by atoms with Crippen LogP contribution in [0.15, 0.2) is 22.8 Å². The normalized spacial score (nSPS) is 16.1. The minimum absolute atomic E-state index is 0.901. The van der Waals surface area contributed by atoms with Gasteiger partial charge in [-0.25, -0.2) is 0 Å². The summed E-state index contributed by atoms with van der Waals surface area (Å²) in [5.74, 6) is 2.01. The van der Waals surface area contributed by atoms with Gasteiger partial charge in [0.05, 0.1) is 12.8 Å². The van der Waals surface area contributed by atoms with E-state index in [0.717, 1.165) is 31.3 Å². The van der Waals surface area contributed by atoms with Crippen molar-refractivity contribution in [1.29, 1.82) is 0 Å². The number of nitrogens with one attached hydrogen (secondary N) is 1. The molecule has 1 aliphatic carbocycles. The van der Waals surface area contributed by atoms with Crippen LogP contribution >= 0.6 is 0 Å². The van der Waals surface area contributed by atoms with Gasteiger partial charge in [0.15, 0.2) is 0 Å². The molecule has 0 bridgehead atoms. The Balaban J connectivity index is 1.53. The molecular weight excluding hydrogens is 188 g/mol. The summed E-state index contributed by atoms with van der Waals surface area (Å²) in [6.07, 6.45) is 4.58. The maximum absolute atomic E-state index is 5.30. The van der Waals surface area contributed by atoms with E-state index in [2.05, 4.69) is 17.3 Å². The first kappa shape index (κ1) is 10.7. The van der Waals surface area contributed by atoms with E-state index in [-0.39, 0.29) is 0 Å². The molecule has 0 amide bonds. The molecule has 3 heteroatoms. The minimum atomic E-state index is 0.901. The maximum atomic E-state index is 5.30. The van der Waals surface area contributed by atoms with Crippen LogP contribution in [0.4, 0.5) is 0 Å². The first-order valence-corrected chi connectivity index (χ1v) is 5.76. The summed E-state index contributed by atoms with van der Waals surface area (Å²) in [5.41, 5.74) is 0. The van der Waals surface area contributed by atoms with Crippen molar-refractivity contribution >= 4 is 0 Å². The molecule has 2 rings (SSSR count). The first-order valence-electron chi connectivity index (χ1n) is 5.76. The van der Waals surface area contributed by atoms with Crippen LogP contribution in [0.3, 0.4) is 0 Å². The molecule has 0 spiro atoms. The van der Waals surface area contributed by atoms with Gasteiger partial charge >= 0.3 is 0 Å². The highest BCUT2D eigenvalue weighted by molar-refractivity contribution is 4.97. The Morgan fingerprint density at radius 3 is 3.07 bits per heavy atom. The van der Waals surface area contributed by atoms with E-state index in [1.54, 1.807) is 6.26 Å². The second-order valence-corrected chi connectivity index (χ2v) is 4.46. The summed E-state index contributed by atoms with van der Waals surface area (Å²) in [5, 5.41) is 3.49. The van der Waals surface area contributed by atoms with Crippen LogP contribution in [-0.4, -0.2) is 31.6 Å². The molecule has 0 saturated heterocycles. The number of hydrogen-bond acceptors (Lipinski definition) is 3. The van der Waals surface area contributed by atoms with Crippen LogP contribution in [0.25, 0.3) is 0 Å². The zero-order valence-corrected chi connectivity index (χ0v) is 9.41. The fourth-order valence-electron chi connectivity index (χ4n) is 1.65. The molecule has 0 aliphatic heterocycles. The van der Waals surface area contributed by atoms with E-state index in [1.165, 1.54) is 19.4 Å². The molecule has 0 unspecified atom stereocenters. The highest BCUT2D eigenvalue weighted by Crippen LogP contribution is 2.27. The smallest absolute Gasteiger partial charge is 0.117 e. The van der Waals surface area contributed by atoms with Crippen molar-refractivity contribution in [1.82, 2.24) is 10.2 Å². The van der Waals surface area contributed by atoms with Crippen molar-refractivity contribution in [2.45, 2.75) is 19.4 Å². The largest absolute Gasteiger partial charge is 0.468 e. The quantitative estimate of drug-likeness (QED) is 0.691. The highest BCUT2D eigenvalue weighted by Gasteiger charge is 2.19. The van der Waals surface area contributed by atoms with Gasteiger partial charge in [0, 0.05) is 13.1 Å². The molecular formula is C12H20N2O. The van der Waals surface area contributed by atoms with Crippen LogP contribution in [0.5, 0.6) is 0 Å². The second kappa shape index (κ2) is 5.33. The molecule has 0 radical (unpaired) electrons. The van der Waals surface area contributed by atoms with Gasteiger partial charge in [-0.2, -0.15) is 0 Å². The van der Waals surface area contributed by atoms with E-state index in [1.807, 2.05) is 12.1 Å².